The lowest BCUT2D eigenvalue weighted by atomic mass is 9.96. The van der Waals surface area contributed by atoms with Crippen LogP contribution in [0.3, 0.4) is 0 Å². The van der Waals surface area contributed by atoms with Crippen molar-refractivity contribution in [2.24, 2.45) is 0 Å². The van der Waals surface area contributed by atoms with E-state index in [2.05, 4.69) is 20.5 Å². The van der Waals surface area contributed by atoms with Gasteiger partial charge in [0.25, 0.3) is 0 Å². The Balaban J connectivity index is 1.46. The average molecular weight is 325 g/mol. The predicted octanol–water partition coefficient (Wildman–Crippen LogP) is 1.93. The second-order valence-corrected chi connectivity index (χ2v) is 6.68. The van der Waals surface area contributed by atoms with E-state index in [1.54, 1.807) is 0 Å². The highest BCUT2D eigenvalue weighted by atomic mass is 16.2. The molecule has 1 aromatic carbocycles. The number of hydrogen-bond donors (Lipinski definition) is 2. The summed E-state index contributed by atoms with van der Waals surface area (Å²) in [6.07, 6.45) is 4.12. The van der Waals surface area contributed by atoms with Gasteiger partial charge in [-0.15, -0.1) is 0 Å². The first-order valence-electron chi connectivity index (χ1n) is 8.81. The summed E-state index contributed by atoms with van der Waals surface area (Å²) in [4.78, 5) is 19.3. The molecule has 1 amide bonds. The van der Waals surface area contributed by atoms with Gasteiger partial charge in [-0.1, -0.05) is 30.3 Å². The largest absolute Gasteiger partial charge is 0.341 e. The van der Waals surface area contributed by atoms with Crippen molar-refractivity contribution in [3.05, 3.63) is 36.2 Å². The first-order valence-corrected chi connectivity index (χ1v) is 8.81. The minimum Gasteiger partial charge on any atom is -0.341 e. The first kappa shape index (κ1) is 15.3. The number of aromatic nitrogens is 3. The molecule has 0 radical (unpaired) electrons. The molecule has 6 heteroatoms. The molecule has 0 bridgehead atoms. The van der Waals surface area contributed by atoms with Crippen LogP contribution in [0.15, 0.2) is 30.3 Å². The molecule has 126 valence electrons. The number of H-pyrrole nitrogens is 1. The minimum atomic E-state index is 0.0124. The van der Waals surface area contributed by atoms with E-state index >= 15 is 0 Å². The molecule has 4 rings (SSSR count). The third-order valence-corrected chi connectivity index (χ3v) is 5.01. The molecular weight excluding hydrogens is 302 g/mol. The molecule has 2 aliphatic rings. The zero-order valence-electron chi connectivity index (χ0n) is 13.7. The van der Waals surface area contributed by atoms with Gasteiger partial charge in [-0.05, 0) is 32.2 Å². The van der Waals surface area contributed by atoms with Crippen LogP contribution in [0, 0.1) is 0 Å². The van der Waals surface area contributed by atoms with Crippen molar-refractivity contribution in [1.29, 1.82) is 0 Å². The quantitative estimate of drug-likeness (QED) is 0.904. The lowest BCUT2D eigenvalue weighted by molar-refractivity contribution is -0.134. The van der Waals surface area contributed by atoms with Gasteiger partial charge >= 0.3 is 0 Å². The molecule has 2 saturated heterocycles. The summed E-state index contributed by atoms with van der Waals surface area (Å²) in [5.41, 5.74) is 1.01. The average Bonchev–Trinajstić information content (AvgIpc) is 3.34. The molecule has 0 aliphatic carbocycles. The fraction of sp³-hybridized carbons (Fsp3) is 0.500. The number of nitrogens with zero attached hydrogens (tertiary/aromatic N) is 3. The van der Waals surface area contributed by atoms with Crippen LogP contribution in [-0.4, -0.2) is 51.7 Å². The fourth-order valence-corrected chi connectivity index (χ4v) is 3.69. The summed E-state index contributed by atoms with van der Waals surface area (Å²) in [6.45, 7) is 2.55. The van der Waals surface area contributed by atoms with E-state index < -0.39 is 0 Å². The Bertz CT molecular complexity index is 692. The van der Waals surface area contributed by atoms with Crippen LogP contribution in [0.5, 0.6) is 0 Å². The fourth-order valence-electron chi connectivity index (χ4n) is 3.69. The van der Waals surface area contributed by atoms with Gasteiger partial charge in [0.15, 0.2) is 5.82 Å². The van der Waals surface area contributed by atoms with Gasteiger partial charge in [-0.25, -0.2) is 4.98 Å². The molecule has 2 unspecified atom stereocenters. The number of amides is 1. The first-order chi connectivity index (χ1) is 11.8. The summed E-state index contributed by atoms with van der Waals surface area (Å²) >= 11 is 0. The zero-order chi connectivity index (χ0) is 16.4. The number of piperidine rings is 1. The number of rotatable bonds is 3. The maximum atomic E-state index is 12.6. The molecule has 0 saturated carbocycles. The van der Waals surface area contributed by atoms with Crippen LogP contribution in [-0.2, 0) is 4.79 Å². The topological polar surface area (TPSA) is 73.9 Å². The Morgan fingerprint density at radius 3 is 2.83 bits per heavy atom. The van der Waals surface area contributed by atoms with Gasteiger partial charge in [0.05, 0.1) is 6.04 Å². The lowest BCUT2D eigenvalue weighted by Crippen LogP contribution is -2.47. The summed E-state index contributed by atoms with van der Waals surface area (Å²) in [5, 5.41) is 10.8. The number of carbonyl (C=O) groups is 1. The van der Waals surface area contributed by atoms with E-state index in [1.807, 2.05) is 35.2 Å². The van der Waals surface area contributed by atoms with E-state index in [0.717, 1.165) is 62.5 Å². The van der Waals surface area contributed by atoms with Crippen molar-refractivity contribution in [2.75, 3.05) is 19.6 Å². The van der Waals surface area contributed by atoms with Crippen molar-refractivity contribution in [3.8, 4) is 11.4 Å². The number of carbonyl (C=O) groups excluding carboxylic acids is 1. The highest BCUT2D eigenvalue weighted by Crippen LogP contribution is 2.27. The van der Waals surface area contributed by atoms with Gasteiger partial charge in [0, 0.05) is 24.6 Å². The molecule has 24 heavy (non-hydrogen) atoms. The van der Waals surface area contributed by atoms with Gasteiger partial charge < -0.3 is 10.2 Å². The SMILES string of the molecule is O=C(C1CCCN1)N1CCCC(c2nc(-c3ccccc3)n[nH]2)C1. The third-order valence-electron chi connectivity index (χ3n) is 5.01. The summed E-state index contributed by atoms with van der Waals surface area (Å²) in [6, 6.07) is 9.99. The molecule has 2 N–H and O–H groups in total. The highest BCUT2D eigenvalue weighted by molar-refractivity contribution is 5.82. The minimum absolute atomic E-state index is 0.0124. The van der Waals surface area contributed by atoms with Crippen molar-refractivity contribution in [2.45, 2.75) is 37.6 Å². The second kappa shape index (κ2) is 6.73. The Labute approximate surface area is 141 Å². The van der Waals surface area contributed by atoms with Crippen LogP contribution in [0.2, 0.25) is 0 Å². The Morgan fingerprint density at radius 2 is 2.04 bits per heavy atom. The van der Waals surface area contributed by atoms with E-state index in [-0.39, 0.29) is 17.9 Å². The molecule has 2 aromatic rings. The van der Waals surface area contributed by atoms with Gasteiger partial charge in [-0.3, -0.25) is 9.89 Å². The molecule has 1 aromatic heterocycles. The van der Waals surface area contributed by atoms with Crippen LogP contribution < -0.4 is 5.32 Å². The normalized spacial score (nSPS) is 24.2. The van der Waals surface area contributed by atoms with E-state index in [9.17, 15) is 4.79 Å². The summed E-state index contributed by atoms with van der Waals surface area (Å²) in [5.74, 6) is 2.12. The maximum absolute atomic E-state index is 12.6. The molecule has 2 aliphatic heterocycles. The van der Waals surface area contributed by atoms with Gasteiger partial charge in [0.1, 0.15) is 5.82 Å². The Morgan fingerprint density at radius 1 is 1.17 bits per heavy atom. The summed E-state index contributed by atoms with van der Waals surface area (Å²) < 4.78 is 0. The van der Waals surface area contributed by atoms with E-state index in [1.165, 1.54) is 0 Å². The molecular formula is C18H23N5O. The predicted molar refractivity (Wildman–Crippen MR) is 91.4 cm³/mol. The van der Waals surface area contributed by atoms with E-state index in [0.29, 0.717) is 0 Å². The number of nitrogens with one attached hydrogen (secondary N) is 2. The molecule has 2 atom stereocenters. The van der Waals surface area contributed by atoms with E-state index in [4.69, 9.17) is 0 Å². The van der Waals surface area contributed by atoms with Crippen molar-refractivity contribution in [1.82, 2.24) is 25.4 Å². The van der Waals surface area contributed by atoms with Crippen LogP contribution in [0.4, 0.5) is 0 Å². The monoisotopic (exact) mass is 325 g/mol. The van der Waals surface area contributed by atoms with Crippen molar-refractivity contribution in [3.63, 3.8) is 0 Å². The molecule has 0 spiro atoms. The number of likely N-dealkylation sites (tertiary alicyclic amines) is 1. The van der Waals surface area contributed by atoms with Crippen LogP contribution in [0.25, 0.3) is 11.4 Å². The number of benzene rings is 1. The second-order valence-electron chi connectivity index (χ2n) is 6.68. The smallest absolute Gasteiger partial charge is 0.239 e. The third kappa shape index (κ3) is 3.06. The van der Waals surface area contributed by atoms with Gasteiger partial charge in [-0.2, -0.15) is 5.10 Å². The Hall–Kier alpha value is -2.21. The van der Waals surface area contributed by atoms with Crippen molar-refractivity contribution < 1.29 is 4.79 Å². The Kier molecular flexibility index (Phi) is 4.30. The molecule has 6 nitrogen and oxygen atoms in total. The standard InChI is InChI=1S/C18H23N5O/c24-18(15-9-4-10-19-15)23-11-5-8-14(12-23)17-20-16(21-22-17)13-6-2-1-3-7-13/h1-3,6-7,14-15,19H,4-5,8-12H2,(H,20,21,22). The molecule has 2 fully saturated rings. The number of aromatic amines is 1. The molecule has 3 heterocycles. The number of hydrogen-bond acceptors (Lipinski definition) is 4. The lowest BCUT2D eigenvalue weighted by Gasteiger charge is -2.33. The van der Waals surface area contributed by atoms with Crippen molar-refractivity contribution >= 4 is 5.91 Å². The maximum Gasteiger partial charge on any atom is 0.239 e. The summed E-state index contributed by atoms with van der Waals surface area (Å²) in [7, 11) is 0. The zero-order valence-corrected chi connectivity index (χ0v) is 13.7. The van der Waals surface area contributed by atoms with Gasteiger partial charge in [0.2, 0.25) is 5.91 Å². The van der Waals surface area contributed by atoms with Crippen LogP contribution >= 0.6 is 0 Å². The van der Waals surface area contributed by atoms with Crippen LogP contribution in [0.1, 0.15) is 37.4 Å². The highest BCUT2D eigenvalue weighted by Gasteiger charge is 2.32.